The monoisotopic (exact) mass is 315 g/mol. The van der Waals surface area contributed by atoms with E-state index in [-0.39, 0.29) is 37.5 Å². The average molecular weight is 315 g/mol. The van der Waals surface area contributed by atoms with E-state index < -0.39 is 34.4 Å². The van der Waals surface area contributed by atoms with Crippen LogP contribution in [-0.2, 0) is 19.5 Å². The number of hydrogen-bond donors (Lipinski definition) is 2. The Labute approximate surface area is 139 Å². The summed E-state index contributed by atoms with van der Waals surface area (Å²) in [6.45, 7) is 1.86. The minimum absolute atomic E-state index is 0. The molecule has 2 aliphatic heterocycles. The Bertz CT molecular complexity index is 568. The molecule has 0 spiro atoms. The van der Waals surface area contributed by atoms with Crippen LogP contribution in [0, 0.1) is 0 Å². The summed E-state index contributed by atoms with van der Waals surface area (Å²) in [4.78, 5) is 24.5. The maximum Gasteiger partial charge on any atom is 1.00 e. The van der Waals surface area contributed by atoms with Crippen molar-refractivity contribution in [3.63, 3.8) is 0 Å². The second-order valence-corrected chi connectivity index (χ2v) is 5.23. The van der Waals surface area contributed by atoms with Gasteiger partial charge in [0, 0.05) is 0 Å². The molecule has 9 nitrogen and oxygen atoms in total. The number of hydroxylamine groups is 2. The van der Waals surface area contributed by atoms with E-state index in [1.54, 1.807) is 13.0 Å². The predicted octanol–water partition coefficient (Wildman–Crippen LogP) is -3.85. The molecule has 2 heterocycles. The Hall–Kier alpha value is -0.650. The van der Waals surface area contributed by atoms with Gasteiger partial charge in [-0.25, -0.2) is 4.79 Å². The van der Waals surface area contributed by atoms with E-state index in [1.807, 2.05) is 0 Å². The molecular weight excluding hydrogens is 301 g/mol. The number of nitrogens with zero attached hydrogens (tertiary/aromatic N) is 2. The maximum absolute atomic E-state index is 12.0. The van der Waals surface area contributed by atoms with Crippen LogP contribution < -0.4 is 35.3 Å². The number of hydrogen-bond acceptors (Lipinski definition) is 5. The second-order valence-electron chi connectivity index (χ2n) is 4.23. The minimum atomic E-state index is -4.81. The summed E-state index contributed by atoms with van der Waals surface area (Å²) in [5.41, 5.74) is 5.86. The van der Waals surface area contributed by atoms with Crippen molar-refractivity contribution in [1.82, 2.24) is 9.96 Å². The molecule has 11 heteroatoms. The van der Waals surface area contributed by atoms with Crippen molar-refractivity contribution < 1.29 is 57.8 Å². The molecule has 3 amide bonds. The number of carbonyl (C=O) groups excluding carboxylic acids is 2. The van der Waals surface area contributed by atoms with Gasteiger partial charge in [-0.3, -0.25) is 9.35 Å². The van der Waals surface area contributed by atoms with E-state index in [0.717, 1.165) is 4.90 Å². The fraction of sp³-hybridized carbons (Fsp3) is 0.556. The summed E-state index contributed by atoms with van der Waals surface area (Å²) in [6.07, 6.45) is 2.04. The van der Waals surface area contributed by atoms with Gasteiger partial charge in [0.15, 0.2) is 0 Å². The molecule has 1 saturated heterocycles. The van der Waals surface area contributed by atoms with Gasteiger partial charge in [0.1, 0.15) is 6.04 Å². The topological polar surface area (TPSA) is 130 Å². The molecule has 2 rings (SSSR count). The Balaban J connectivity index is 0.00000200. The third-order valence-electron chi connectivity index (χ3n) is 3.04. The fourth-order valence-corrected chi connectivity index (χ4v) is 2.71. The van der Waals surface area contributed by atoms with Crippen LogP contribution in [0.25, 0.3) is 0 Å². The van der Waals surface area contributed by atoms with Gasteiger partial charge in [0.25, 0.3) is 0 Å². The quantitative estimate of drug-likeness (QED) is 0.310. The molecule has 108 valence electrons. The number of nitrogens with two attached hydrogens (primary N) is 1. The molecule has 0 aromatic rings. The Kier molecular flexibility index (Phi) is 5.22. The summed E-state index contributed by atoms with van der Waals surface area (Å²) >= 11 is 0. The van der Waals surface area contributed by atoms with Crippen molar-refractivity contribution in [1.29, 1.82) is 0 Å². The molecule has 2 aliphatic rings. The molecule has 2 bridgehead atoms. The van der Waals surface area contributed by atoms with Crippen molar-refractivity contribution >= 4 is 22.3 Å². The number of primary amides is 1. The van der Waals surface area contributed by atoms with Gasteiger partial charge in [-0.2, -0.15) is 13.5 Å². The fourth-order valence-electron chi connectivity index (χ4n) is 2.33. The molecule has 3 N–H and O–H groups in total. The van der Waals surface area contributed by atoms with Crippen molar-refractivity contribution in [3.8, 4) is 0 Å². The standard InChI is InChI=1S/C9H13N3O6S.Na.H/c1-2-5-3-6-4-11(7(5)8(10)13)9(14)12(6)18-19(15,16)17;;/h3,6-7H,2,4H2,1H3,(H2,10,13)(H,15,16,17);;/q;+1;-1. The Morgan fingerprint density at radius 2 is 2.25 bits per heavy atom. The average Bonchev–Trinajstić information content (AvgIpc) is 2.52. The van der Waals surface area contributed by atoms with E-state index in [9.17, 15) is 18.0 Å². The first kappa shape index (κ1) is 17.4. The second kappa shape index (κ2) is 6.00. The van der Waals surface area contributed by atoms with Crippen LogP contribution in [0.5, 0.6) is 0 Å². The van der Waals surface area contributed by atoms with E-state index in [4.69, 9.17) is 10.3 Å². The number of carbonyl (C=O) groups is 2. The van der Waals surface area contributed by atoms with E-state index in [0.29, 0.717) is 17.1 Å². The van der Waals surface area contributed by atoms with Crippen LogP contribution in [0.2, 0.25) is 0 Å². The smallest absolute Gasteiger partial charge is 1.00 e. The summed E-state index contributed by atoms with van der Waals surface area (Å²) in [7, 11) is -4.81. The van der Waals surface area contributed by atoms with Crippen LogP contribution in [0.15, 0.2) is 11.6 Å². The molecule has 2 unspecified atom stereocenters. The van der Waals surface area contributed by atoms with Crippen LogP contribution in [0.1, 0.15) is 14.8 Å². The van der Waals surface area contributed by atoms with Gasteiger partial charge < -0.3 is 12.1 Å². The molecule has 2 atom stereocenters. The summed E-state index contributed by atoms with van der Waals surface area (Å²) in [6, 6.07) is -2.42. The molecule has 0 aromatic carbocycles. The van der Waals surface area contributed by atoms with Gasteiger partial charge >= 0.3 is 46.0 Å². The normalized spacial score (nSPS) is 25.3. The number of fused-ring (bicyclic) bond motifs is 2. The van der Waals surface area contributed by atoms with Crippen molar-refractivity contribution in [2.75, 3.05) is 6.54 Å². The third-order valence-corrected chi connectivity index (χ3v) is 3.39. The number of amides is 3. The van der Waals surface area contributed by atoms with Crippen molar-refractivity contribution in [2.24, 2.45) is 5.73 Å². The van der Waals surface area contributed by atoms with Crippen LogP contribution >= 0.6 is 0 Å². The van der Waals surface area contributed by atoms with Gasteiger partial charge in [-0.15, -0.1) is 4.28 Å². The predicted molar refractivity (Wildman–Crippen MR) is 62.8 cm³/mol. The zero-order valence-corrected chi connectivity index (χ0v) is 13.8. The summed E-state index contributed by atoms with van der Waals surface area (Å²) in [5, 5.41) is 0.522. The van der Waals surface area contributed by atoms with Gasteiger partial charge in [-0.05, 0) is 12.0 Å². The van der Waals surface area contributed by atoms with Crippen LogP contribution in [-0.4, -0.2) is 53.5 Å². The van der Waals surface area contributed by atoms with Crippen molar-refractivity contribution in [3.05, 3.63) is 11.6 Å². The van der Waals surface area contributed by atoms with Gasteiger partial charge in [0.2, 0.25) is 5.91 Å². The Morgan fingerprint density at radius 3 is 2.70 bits per heavy atom. The SMILES string of the molecule is CCC1=CC2CN(C(=O)N2OS(=O)(=O)O)C1C(N)=O.[H-].[Na+]. The third kappa shape index (κ3) is 3.15. The molecular formula is C9H14N3NaO6S. The summed E-state index contributed by atoms with van der Waals surface area (Å²) < 4.78 is 34.3. The van der Waals surface area contributed by atoms with Crippen LogP contribution in [0.3, 0.4) is 0 Å². The first-order valence-corrected chi connectivity index (χ1v) is 6.88. The molecule has 1 fully saturated rings. The molecule has 0 aliphatic carbocycles. The number of rotatable bonds is 4. The van der Waals surface area contributed by atoms with Crippen LogP contribution in [0.4, 0.5) is 4.79 Å². The molecule has 0 saturated carbocycles. The van der Waals surface area contributed by atoms with Gasteiger partial charge in [0.05, 0.1) is 12.6 Å². The van der Waals surface area contributed by atoms with Crippen molar-refractivity contribution in [2.45, 2.75) is 25.4 Å². The van der Waals surface area contributed by atoms with E-state index >= 15 is 0 Å². The zero-order valence-electron chi connectivity index (χ0n) is 12.0. The van der Waals surface area contributed by atoms with E-state index in [1.165, 1.54) is 0 Å². The zero-order chi connectivity index (χ0) is 14.4. The maximum atomic E-state index is 12.0. The number of urea groups is 1. The Morgan fingerprint density at radius 1 is 1.65 bits per heavy atom. The molecule has 20 heavy (non-hydrogen) atoms. The first-order chi connectivity index (χ1) is 8.74. The van der Waals surface area contributed by atoms with Gasteiger partial charge in [-0.1, -0.05) is 13.0 Å². The molecule has 0 aromatic heterocycles. The van der Waals surface area contributed by atoms with E-state index in [2.05, 4.69) is 4.28 Å². The largest absolute Gasteiger partial charge is 1.00 e. The molecule has 0 radical (unpaired) electrons. The summed E-state index contributed by atoms with van der Waals surface area (Å²) in [5.74, 6) is -0.700. The first-order valence-electron chi connectivity index (χ1n) is 5.51. The minimum Gasteiger partial charge on any atom is -1.00 e.